The average Bonchev–Trinajstić information content (AvgIpc) is 2.42. The number of benzene rings is 1. The van der Waals surface area contributed by atoms with Crippen LogP contribution >= 0.6 is 23.2 Å². The van der Waals surface area contributed by atoms with Gasteiger partial charge in [0.15, 0.2) is 0 Å². The highest BCUT2D eigenvalue weighted by Gasteiger charge is 2.13. The number of anilines is 2. The third-order valence-electron chi connectivity index (χ3n) is 2.92. The Balaban J connectivity index is 2.60. The fraction of sp³-hybridized carbons (Fsp3) is 0.500. The van der Waals surface area contributed by atoms with Gasteiger partial charge in [-0.3, -0.25) is 9.69 Å². The molecular weight excluding hydrogens is 313 g/mol. The van der Waals surface area contributed by atoms with Crippen molar-refractivity contribution in [1.82, 2.24) is 4.90 Å². The van der Waals surface area contributed by atoms with Crippen LogP contribution in [-0.2, 0) is 9.53 Å². The molecule has 1 rings (SSSR count). The van der Waals surface area contributed by atoms with Gasteiger partial charge in [0.25, 0.3) is 0 Å². The van der Waals surface area contributed by atoms with Gasteiger partial charge in [0.1, 0.15) is 0 Å². The summed E-state index contributed by atoms with van der Waals surface area (Å²) in [5, 5.41) is 3.48. The molecule has 1 aromatic rings. The molecule has 0 atom stereocenters. The third-order valence-corrected chi connectivity index (χ3v) is 3.44. The maximum absolute atomic E-state index is 12.1. The summed E-state index contributed by atoms with van der Waals surface area (Å²) < 4.78 is 5.29. The van der Waals surface area contributed by atoms with Gasteiger partial charge < -0.3 is 15.8 Å². The number of nitrogen functional groups attached to an aromatic ring is 1. The van der Waals surface area contributed by atoms with Crippen molar-refractivity contribution in [2.75, 3.05) is 43.9 Å². The first-order valence-corrected chi connectivity index (χ1v) is 7.58. The van der Waals surface area contributed by atoms with Crippen molar-refractivity contribution in [2.24, 2.45) is 0 Å². The van der Waals surface area contributed by atoms with Gasteiger partial charge >= 0.3 is 0 Å². The number of halogens is 2. The van der Waals surface area contributed by atoms with E-state index < -0.39 is 0 Å². The minimum atomic E-state index is -0.177. The zero-order valence-corrected chi connectivity index (χ0v) is 13.8. The van der Waals surface area contributed by atoms with E-state index in [4.69, 9.17) is 33.7 Å². The minimum absolute atomic E-state index is 0.177. The normalized spacial score (nSPS) is 10.9. The van der Waals surface area contributed by atoms with E-state index in [9.17, 15) is 4.79 Å². The van der Waals surface area contributed by atoms with Crippen molar-refractivity contribution in [2.45, 2.75) is 13.8 Å². The smallest absolute Gasteiger partial charge is 0.238 e. The predicted octanol–water partition coefficient (Wildman–Crippen LogP) is 2.87. The van der Waals surface area contributed by atoms with Crippen LogP contribution in [-0.4, -0.2) is 43.7 Å². The van der Waals surface area contributed by atoms with Crippen molar-refractivity contribution in [3.05, 3.63) is 22.2 Å². The van der Waals surface area contributed by atoms with Gasteiger partial charge in [0, 0.05) is 18.2 Å². The second-order valence-corrected chi connectivity index (χ2v) is 5.31. The Morgan fingerprint density at radius 3 is 2.67 bits per heavy atom. The fourth-order valence-electron chi connectivity index (χ4n) is 1.79. The molecule has 1 amide bonds. The summed E-state index contributed by atoms with van der Waals surface area (Å²) >= 11 is 11.9. The predicted molar refractivity (Wildman–Crippen MR) is 88.1 cm³/mol. The topological polar surface area (TPSA) is 67.6 Å². The maximum Gasteiger partial charge on any atom is 0.238 e. The van der Waals surface area contributed by atoms with E-state index in [1.165, 1.54) is 0 Å². The van der Waals surface area contributed by atoms with Gasteiger partial charge in [0.05, 0.1) is 29.5 Å². The first-order valence-electron chi connectivity index (χ1n) is 6.82. The van der Waals surface area contributed by atoms with Gasteiger partial charge in [-0.15, -0.1) is 0 Å². The van der Waals surface area contributed by atoms with E-state index in [0.29, 0.717) is 41.2 Å². The number of hydrogen-bond acceptors (Lipinski definition) is 4. The molecule has 0 saturated carbocycles. The zero-order chi connectivity index (χ0) is 15.8. The van der Waals surface area contributed by atoms with E-state index in [1.54, 1.807) is 12.1 Å². The molecule has 0 aliphatic rings. The SMILES string of the molecule is CCOCCN(CC)CC(=O)Nc1c(N)cc(Cl)cc1Cl. The summed E-state index contributed by atoms with van der Waals surface area (Å²) in [5.74, 6) is -0.177. The second kappa shape index (κ2) is 9.10. The Kier molecular flexibility index (Phi) is 7.82. The molecule has 21 heavy (non-hydrogen) atoms. The molecule has 0 heterocycles. The fourth-order valence-corrected chi connectivity index (χ4v) is 2.35. The number of likely N-dealkylation sites (N-methyl/N-ethyl adjacent to an activating group) is 1. The van der Waals surface area contributed by atoms with E-state index >= 15 is 0 Å². The van der Waals surface area contributed by atoms with E-state index in [0.717, 1.165) is 6.54 Å². The standard InChI is InChI=1S/C14H21Cl2N3O2/c1-3-19(5-6-21-4-2)9-13(20)18-14-11(16)7-10(15)8-12(14)17/h7-8H,3-6,9,17H2,1-2H3,(H,18,20). The van der Waals surface area contributed by atoms with Gasteiger partial charge in [-0.25, -0.2) is 0 Å². The van der Waals surface area contributed by atoms with Crippen molar-refractivity contribution >= 4 is 40.5 Å². The Bertz CT molecular complexity index is 460. The number of rotatable bonds is 8. The second-order valence-electron chi connectivity index (χ2n) is 4.47. The van der Waals surface area contributed by atoms with Crippen LogP contribution in [0.2, 0.25) is 10.0 Å². The monoisotopic (exact) mass is 333 g/mol. The highest BCUT2D eigenvalue weighted by molar-refractivity contribution is 6.37. The number of carbonyl (C=O) groups excluding carboxylic acids is 1. The molecule has 0 fully saturated rings. The summed E-state index contributed by atoms with van der Waals surface area (Å²) in [5.41, 5.74) is 6.56. The molecule has 7 heteroatoms. The number of nitrogens with two attached hydrogens (primary N) is 1. The number of hydrogen-bond donors (Lipinski definition) is 2. The molecule has 5 nitrogen and oxygen atoms in total. The first kappa shape index (κ1) is 18.0. The largest absolute Gasteiger partial charge is 0.397 e. The van der Waals surface area contributed by atoms with Crippen LogP contribution in [0, 0.1) is 0 Å². The number of carbonyl (C=O) groups is 1. The van der Waals surface area contributed by atoms with Crippen LogP contribution in [0.4, 0.5) is 11.4 Å². The number of amides is 1. The van der Waals surface area contributed by atoms with Crippen LogP contribution in [0.1, 0.15) is 13.8 Å². The lowest BCUT2D eigenvalue weighted by molar-refractivity contribution is -0.117. The number of nitrogens with one attached hydrogen (secondary N) is 1. The molecule has 0 saturated heterocycles. The van der Waals surface area contributed by atoms with E-state index in [1.807, 2.05) is 18.7 Å². The summed E-state index contributed by atoms with van der Waals surface area (Å²) in [6, 6.07) is 3.09. The Morgan fingerprint density at radius 2 is 2.10 bits per heavy atom. The van der Waals surface area contributed by atoms with Gasteiger partial charge in [-0.1, -0.05) is 30.1 Å². The molecule has 0 aliphatic heterocycles. The molecule has 0 bridgehead atoms. The summed E-state index contributed by atoms with van der Waals surface area (Å²) in [6.45, 7) is 6.90. The molecule has 3 N–H and O–H groups in total. The Labute approximate surface area is 135 Å². The molecule has 1 aromatic carbocycles. The lowest BCUT2D eigenvalue weighted by Crippen LogP contribution is -2.35. The molecule has 0 aliphatic carbocycles. The van der Waals surface area contributed by atoms with Gasteiger partial charge in [0.2, 0.25) is 5.91 Å². The zero-order valence-electron chi connectivity index (χ0n) is 12.3. The summed E-state index contributed by atoms with van der Waals surface area (Å²) in [6.07, 6.45) is 0. The molecule has 0 unspecified atom stereocenters. The Hall–Kier alpha value is -1.01. The lowest BCUT2D eigenvalue weighted by Gasteiger charge is -2.20. The van der Waals surface area contributed by atoms with Gasteiger partial charge in [-0.2, -0.15) is 0 Å². The molecule has 118 valence electrons. The lowest BCUT2D eigenvalue weighted by atomic mass is 10.2. The molecular formula is C14H21Cl2N3O2. The van der Waals surface area contributed by atoms with Crippen molar-refractivity contribution in [1.29, 1.82) is 0 Å². The highest BCUT2D eigenvalue weighted by Crippen LogP contribution is 2.31. The maximum atomic E-state index is 12.1. The molecule has 0 radical (unpaired) electrons. The van der Waals surface area contributed by atoms with Crippen LogP contribution in [0.5, 0.6) is 0 Å². The van der Waals surface area contributed by atoms with E-state index in [2.05, 4.69) is 5.32 Å². The van der Waals surface area contributed by atoms with Crippen molar-refractivity contribution in [3.63, 3.8) is 0 Å². The third kappa shape index (κ3) is 6.09. The summed E-state index contributed by atoms with van der Waals surface area (Å²) in [7, 11) is 0. The van der Waals surface area contributed by atoms with Crippen LogP contribution in [0.3, 0.4) is 0 Å². The highest BCUT2D eigenvalue weighted by atomic mass is 35.5. The van der Waals surface area contributed by atoms with Gasteiger partial charge in [-0.05, 0) is 25.6 Å². The molecule has 0 aromatic heterocycles. The molecule has 0 spiro atoms. The minimum Gasteiger partial charge on any atom is -0.397 e. The van der Waals surface area contributed by atoms with Crippen LogP contribution in [0.15, 0.2) is 12.1 Å². The summed E-state index contributed by atoms with van der Waals surface area (Å²) in [4.78, 5) is 14.0. The van der Waals surface area contributed by atoms with Crippen molar-refractivity contribution < 1.29 is 9.53 Å². The van der Waals surface area contributed by atoms with Crippen LogP contribution < -0.4 is 11.1 Å². The van der Waals surface area contributed by atoms with Crippen LogP contribution in [0.25, 0.3) is 0 Å². The Morgan fingerprint density at radius 1 is 1.38 bits per heavy atom. The quantitative estimate of drug-likeness (QED) is 0.567. The van der Waals surface area contributed by atoms with E-state index in [-0.39, 0.29) is 12.5 Å². The number of ether oxygens (including phenoxy) is 1. The van der Waals surface area contributed by atoms with Crippen molar-refractivity contribution in [3.8, 4) is 0 Å². The average molecular weight is 334 g/mol. The first-order chi connectivity index (χ1) is 9.97. The number of nitrogens with zero attached hydrogens (tertiary/aromatic N) is 1.